The predicted octanol–water partition coefficient (Wildman–Crippen LogP) is 4.51. The first-order valence-electron chi connectivity index (χ1n) is 7.33. The van der Waals surface area contributed by atoms with Gasteiger partial charge in [0.2, 0.25) is 5.91 Å². The number of ether oxygens (including phenoxy) is 1. The smallest absolute Gasteiger partial charge is 0.224 e. The van der Waals surface area contributed by atoms with Crippen LogP contribution in [0.2, 0.25) is 0 Å². The quantitative estimate of drug-likeness (QED) is 0.734. The molecule has 2 rings (SSSR count). The molecule has 0 unspecified atom stereocenters. The number of rotatable bonds is 6. The molecule has 0 aliphatic rings. The normalized spacial score (nSPS) is 10.3. The van der Waals surface area contributed by atoms with E-state index in [-0.39, 0.29) is 24.3 Å². The van der Waals surface area contributed by atoms with Gasteiger partial charge in [-0.1, -0.05) is 27.6 Å². The number of nitrogens with one attached hydrogen (secondary N) is 1. The molecule has 6 heteroatoms. The Labute approximate surface area is 148 Å². The summed E-state index contributed by atoms with van der Waals surface area (Å²) in [4.78, 5) is 24.2. The summed E-state index contributed by atoms with van der Waals surface area (Å²) < 4.78 is 19.4. The van der Waals surface area contributed by atoms with Gasteiger partial charge in [-0.2, -0.15) is 0 Å². The number of aryl methyl sites for hydroxylation is 1. The van der Waals surface area contributed by atoms with Crippen LogP contribution in [-0.2, 0) is 4.79 Å². The van der Waals surface area contributed by atoms with Crippen molar-refractivity contribution in [3.8, 4) is 5.75 Å². The van der Waals surface area contributed by atoms with Gasteiger partial charge < -0.3 is 10.1 Å². The minimum Gasteiger partial charge on any atom is -0.496 e. The van der Waals surface area contributed by atoms with Gasteiger partial charge in [-0.15, -0.1) is 0 Å². The van der Waals surface area contributed by atoms with Gasteiger partial charge in [0.25, 0.3) is 0 Å². The van der Waals surface area contributed by atoms with Crippen molar-refractivity contribution in [3.05, 3.63) is 57.8 Å². The summed E-state index contributed by atoms with van der Waals surface area (Å²) in [5.74, 6) is -0.674. The minimum atomic E-state index is -0.538. The maximum absolute atomic E-state index is 13.7. The summed E-state index contributed by atoms with van der Waals surface area (Å²) in [7, 11) is 1.49. The van der Waals surface area contributed by atoms with Crippen LogP contribution >= 0.6 is 15.9 Å². The monoisotopic (exact) mass is 393 g/mol. The van der Waals surface area contributed by atoms with E-state index in [1.54, 1.807) is 18.2 Å². The Balaban J connectivity index is 1.99. The molecule has 24 heavy (non-hydrogen) atoms. The van der Waals surface area contributed by atoms with Crippen molar-refractivity contribution in [2.24, 2.45) is 0 Å². The number of methoxy groups -OCH3 is 1. The molecule has 4 nitrogen and oxygen atoms in total. The third-order valence-electron chi connectivity index (χ3n) is 3.44. The van der Waals surface area contributed by atoms with E-state index >= 15 is 0 Å². The van der Waals surface area contributed by atoms with Gasteiger partial charge in [-0.05, 0) is 37.3 Å². The minimum absolute atomic E-state index is 0.0177. The van der Waals surface area contributed by atoms with E-state index in [0.717, 1.165) is 5.56 Å². The van der Waals surface area contributed by atoms with Crippen molar-refractivity contribution in [1.29, 1.82) is 0 Å². The number of anilines is 1. The molecule has 0 radical (unpaired) electrons. The Morgan fingerprint density at radius 3 is 2.58 bits per heavy atom. The molecule has 1 N–H and O–H groups in total. The molecule has 0 aliphatic heterocycles. The Bertz CT molecular complexity index is 777. The third-order valence-corrected chi connectivity index (χ3v) is 3.93. The summed E-state index contributed by atoms with van der Waals surface area (Å²) >= 11 is 3.15. The van der Waals surface area contributed by atoms with E-state index in [2.05, 4.69) is 21.2 Å². The van der Waals surface area contributed by atoms with E-state index < -0.39 is 11.7 Å². The number of carbonyl (C=O) groups is 2. The SMILES string of the molecule is COc1ccc(C)cc1C(=O)CCC(=O)Nc1ccc(Br)cc1F. The number of halogens is 2. The number of hydrogen-bond acceptors (Lipinski definition) is 3. The van der Waals surface area contributed by atoms with Crippen LogP contribution in [0.5, 0.6) is 5.75 Å². The second-order valence-corrected chi connectivity index (χ2v) is 6.21. The molecule has 0 bridgehead atoms. The van der Waals surface area contributed by atoms with Crippen LogP contribution in [0.1, 0.15) is 28.8 Å². The summed E-state index contributed by atoms with van der Waals surface area (Å²) in [6.07, 6.45) is -0.0186. The fourth-order valence-corrected chi connectivity index (χ4v) is 2.54. The van der Waals surface area contributed by atoms with Crippen molar-refractivity contribution >= 4 is 33.3 Å². The van der Waals surface area contributed by atoms with E-state index in [9.17, 15) is 14.0 Å². The maximum Gasteiger partial charge on any atom is 0.224 e. The molecule has 0 fully saturated rings. The Kier molecular flexibility index (Phi) is 6.09. The summed E-state index contributed by atoms with van der Waals surface area (Å²) in [6.45, 7) is 1.87. The van der Waals surface area contributed by atoms with Gasteiger partial charge in [-0.25, -0.2) is 4.39 Å². The lowest BCUT2D eigenvalue weighted by Gasteiger charge is -2.09. The Morgan fingerprint density at radius 1 is 1.17 bits per heavy atom. The lowest BCUT2D eigenvalue weighted by atomic mass is 10.0. The van der Waals surface area contributed by atoms with E-state index in [4.69, 9.17) is 4.74 Å². The molecule has 0 saturated carbocycles. The molecule has 2 aromatic rings. The van der Waals surface area contributed by atoms with Crippen molar-refractivity contribution < 1.29 is 18.7 Å². The predicted molar refractivity (Wildman–Crippen MR) is 94.0 cm³/mol. The fourth-order valence-electron chi connectivity index (χ4n) is 2.21. The second kappa shape index (κ2) is 8.06. The average molecular weight is 394 g/mol. The van der Waals surface area contributed by atoms with Gasteiger partial charge in [0.15, 0.2) is 5.78 Å². The average Bonchev–Trinajstić information content (AvgIpc) is 2.55. The first-order chi connectivity index (χ1) is 11.4. The lowest BCUT2D eigenvalue weighted by molar-refractivity contribution is -0.116. The van der Waals surface area contributed by atoms with Crippen molar-refractivity contribution in [1.82, 2.24) is 0 Å². The molecule has 0 heterocycles. The molecule has 0 aliphatic carbocycles. The Morgan fingerprint density at radius 2 is 1.92 bits per heavy atom. The molecule has 0 saturated heterocycles. The number of hydrogen-bond donors (Lipinski definition) is 1. The van der Waals surface area contributed by atoms with Crippen molar-refractivity contribution in [3.63, 3.8) is 0 Å². The molecule has 126 valence electrons. The fraction of sp³-hybridized carbons (Fsp3) is 0.222. The van der Waals surface area contributed by atoms with Crippen LogP contribution in [0.4, 0.5) is 10.1 Å². The summed E-state index contributed by atoms with van der Waals surface area (Å²) in [6, 6.07) is 9.65. The molecule has 0 atom stereocenters. The van der Waals surface area contributed by atoms with E-state index in [1.807, 2.05) is 13.0 Å². The van der Waals surface area contributed by atoms with Crippen LogP contribution in [0.3, 0.4) is 0 Å². The summed E-state index contributed by atoms with van der Waals surface area (Å²) in [5, 5.41) is 2.47. The van der Waals surface area contributed by atoms with Crippen LogP contribution < -0.4 is 10.1 Å². The molecule has 1 amide bonds. The zero-order chi connectivity index (χ0) is 17.7. The van der Waals surface area contributed by atoms with Gasteiger partial charge >= 0.3 is 0 Å². The van der Waals surface area contributed by atoms with Crippen LogP contribution in [0, 0.1) is 12.7 Å². The van der Waals surface area contributed by atoms with Crippen molar-refractivity contribution in [2.75, 3.05) is 12.4 Å². The molecule has 0 aromatic heterocycles. The first kappa shape index (κ1) is 18.1. The highest BCUT2D eigenvalue weighted by atomic mass is 79.9. The number of carbonyl (C=O) groups excluding carboxylic acids is 2. The topological polar surface area (TPSA) is 55.4 Å². The lowest BCUT2D eigenvalue weighted by Crippen LogP contribution is -2.14. The zero-order valence-electron chi connectivity index (χ0n) is 13.4. The third kappa shape index (κ3) is 4.64. The molecule has 0 spiro atoms. The largest absolute Gasteiger partial charge is 0.496 e. The number of ketones is 1. The van der Waals surface area contributed by atoms with E-state index in [0.29, 0.717) is 15.8 Å². The Hall–Kier alpha value is -2.21. The van der Waals surface area contributed by atoms with Crippen LogP contribution in [0.25, 0.3) is 0 Å². The number of Topliss-reactive ketones (excluding diaryl/α,β-unsaturated/α-hetero) is 1. The summed E-state index contributed by atoms with van der Waals surface area (Å²) in [5.41, 5.74) is 1.46. The first-order valence-corrected chi connectivity index (χ1v) is 8.12. The highest BCUT2D eigenvalue weighted by molar-refractivity contribution is 9.10. The van der Waals surface area contributed by atoms with Gasteiger partial charge in [-0.3, -0.25) is 9.59 Å². The molecule has 2 aromatic carbocycles. The number of benzene rings is 2. The van der Waals surface area contributed by atoms with Gasteiger partial charge in [0.05, 0.1) is 18.4 Å². The van der Waals surface area contributed by atoms with Crippen LogP contribution in [0.15, 0.2) is 40.9 Å². The van der Waals surface area contributed by atoms with Gasteiger partial charge in [0, 0.05) is 17.3 Å². The maximum atomic E-state index is 13.7. The number of amides is 1. The second-order valence-electron chi connectivity index (χ2n) is 5.30. The highest BCUT2D eigenvalue weighted by Gasteiger charge is 2.15. The van der Waals surface area contributed by atoms with Crippen LogP contribution in [-0.4, -0.2) is 18.8 Å². The standard InChI is InChI=1S/C18H17BrFNO3/c1-11-3-7-17(24-2)13(9-11)16(22)6-8-18(23)21-15-5-4-12(19)10-14(15)20/h3-5,7,9-10H,6,8H2,1-2H3,(H,21,23). The van der Waals surface area contributed by atoms with Crippen molar-refractivity contribution in [2.45, 2.75) is 19.8 Å². The van der Waals surface area contributed by atoms with E-state index in [1.165, 1.54) is 19.2 Å². The van der Waals surface area contributed by atoms with Gasteiger partial charge in [0.1, 0.15) is 11.6 Å². The molecular weight excluding hydrogens is 377 g/mol. The zero-order valence-corrected chi connectivity index (χ0v) is 14.9. The molecular formula is C18H17BrFNO3. The highest BCUT2D eigenvalue weighted by Crippen LogP contribution is 2.22.